The van der Waals surface area contributed by atoms with E-state index in [0.29, 0.717) is 12.3 Å². The molecule has 0 saturated carbocycles. The molecule has 18 heavy (non-hydrogen) atoms. The third kappa shape index (κ3) is 5.32. The third-order valence-electron chi connectivity index (χ3n) is 3.07. The second-order valence-corrected chi connectivity index (χ2v) is 4.88. The van der Waals surface area contributed by atoms with Gasteiger partial charge in [0.15, 0.2) is 0 Å². The Labute approximate surface area is 109 Å². The minimum absolute atomic E-state index is 0.494. The maximum atomic E-state index is 11.2. The molecule has 0 spiro atoms. The number of carbonyl (C=O) groups is 1. The van der Waals surface area contributed by atoms with Crippen molar-refractivity contribution >= 4 is 5.97 Å². The van der Waals surface area contributed by atoms with Gasteiger partial charge < -0.3 is 10.4 Å². The van der Waals surface area contributed by atoms with Crippen LogP contribution in [0.3, 0.4) is 0 Å². The van der Waals surface area contributed by atoms with Crippen molar-refractivity contribution in [2.45, 2.75) is 39.2 Å². The van der Waals surface area contributed by atoms with Crippen molar-refractivity contribution in [1.29, 1.82) is 0 Å². The molecule has 0 aliphatic carbocycles. The number of carboxylic acid groups (broad SMARTS) is 1. The van der Waals surface area contributed by atoms with Gasteiger partial charge in [-0.2, -0.15) is 0 Å². The largest absolute Gasteiger partial charge is 0.480 e. The Balaban J connectivity index is 2.48. The van der Waals surface area contributed by atoms with E-state index >= 15 is 0 Å². The fraction of sp³-hybridized carbons (Fsp3) is 0.533. The summed E-state index contributed by atoms with van der Waals surface area (Å²) in [5, 5.41) is 12.4. The van der Waals surface area contributed by atoms with Gasteiger partial charge >= 0.3 is 5.97 Å². The number of aliphatic carboxylic acids is 1. The first-order valence-corrected chi connectivity index (χ1v) is 6.63. The standard InChI is InChI=1S/C15H23NO2/c1-3-7-12(2)11-16-14(15(17)18)10-13-8-5-4-6-9-13/h4-6,8-9,12,14,16H,3,7,10-11H2,1-2H3,(H,17,18)/t12?,14-/m0/s1. The van der Waals surface area contributed by atoms with Crippen molar-refractivity contribution in [3.05, 3.63) is 35.9 Å². The lowest BCUT2D eigenvalue weighted by atomic mass is 10.0. The van der Waals surface area contributed by atoms with E-state index in [1.54, 1.807) is 0 Å². The number of hydrogen-bond acceptors (Lipinski definition) is 2. The normalized spacial score (nSPS) is 14.1. The summed E-state index contributed by atoms with van der Waals surface area (Å²) in [7, 11) is 0. The van der Waals surface area contributed by atoms with Gasteiger partial charge in [0.05, 0.1) is 0 Å². The fourth-order valence-electron chi connectivity index (χ4n) is 2.03. The average Bonchev–Trinajstić information content (AvgIpc) is 2.35. The van der Waals surface area contributed by atoms with Crippen molar-refractivity contribution in [3.8, 4) is 0 Å². The van der Waals surface area contributed by atoms with E-state index < -0.39 is 12.0 Å². The Morgan fingerprint density at radius 3 is 2.56 bits per heavy atom. The quantitative estimate of drug-likeness (QED) is 0.744. The highest BCUT2D eigenvalue weighted by Crippen LogP contribution is 2.06. The smallest absolute Gasteiger partial charge is 0.321 e. The highest BCUT2D eigenvalue weighted by molar-refractivity contribution is 5.73. The Kier molecular flexibility index (Phi) is 6.44. The van der Waals surface area contributed by atoms with Crippen LogP contribution in [0, 0.1) is 5.92 Å². The van der Waals surface area contributed by atoms with Gasteiger partial charge in [-0.25, -0.2) is 0 Å². The molecule has 0 bridgehead atoms. The van der Waals surface area contributed by atoms with Gasteiger partial charge in [0.1, 0.15) is 6.04 Å². The number of carboxylic acids is 1. The van der Waals surface area contributed by atoms with Crippen LogP contribution in [0.5, 0.6) is 0 Å². The molecule has 1 rings (SSSR count). The van der Waals surface area contributed by atoms with Gasteiger partial charge in [0.2, 0.25) is 0 Å². The van der Waals surface area contributed by atoms with Crippen molar-refractivity contribution in [2.75, 3.05) is 6.54 Å². The van der Waals surface area contributed by atoms with Gasteiger partial charge in [-0.15, -0.1) is 0 Å². The Morgan fingerprint density at radius 2 is 2.00 bits per heavy atom. The first-order chi connectivity index (χ1) is 8.63. The molecule has 0 heterocycles. The summed E-state index contributed by atoms with van der Waals surface area (Å²) in [6, 6.07) is 9.25. The molecular weight excluding hydrogens is 226 g/mol. The van der Waals surface area contributed by atoms with Gasteiger partial charge in [0.25, 0.3) is 0 Å². The molecule has 0 amide bonds. The molecule has 1 aromatic rings. The minimum Gasteiger partial charge on any atom is -0.480 e. The van der Waals surface area contributed by atoms with Gasteiger partial charge in [-0.05, 0) is 30.9 Å². The van der Waals surface area contributed by atoms with Crippen LogP contribution in [-0.4, -0.2) is 23.7 Å². The summed E-state index contributed by atoms with van der Waals surface area (Å²) in [6.45, 7) is 5.06. The predicted molar refractivity (Wildman–Crippen MR) is 73.6 cm³/mol. The van der Waals surface area contributed by atoms with Crippen LogP contribution in [0.25, 0.3) is 0 Å². The molecule has 0 radical (unpaired) electrons. The van der Waals surface area contributed by atoms with Gasteiger partial charge in [0, 0.05) is 0 Å². The summed E-state index contributed by atoms with van der Waals surface area (Å²) >= 11 is 0. The summed E-state index contributed by atoms with van der Waals surface area (Å²) in [6.07, 6.45) is 2.80. The summed E-state index contributed by atoms with van der Waals surface area (Å²) < 4.78 is 0. The molecule has 100 valence electrons. The molecular formula is C15H23NO2. The molecule has 0 fully saturated rings. The fourth-order valence-corrected chi connectivity index (χ4v) is 2.03. The third-order valence-corrected chi connectivity index (χ3v) is 3.07. The van der Waals surface area contributed by atoms with Crippen LogP contribution >= 0.6 is 0 Å². The first kappa shape index (κ1) is 14.7. The lowest BCUT2D eigenvalue weighted by molar-refractivity contribution is -0.139. The van der Waals surface area contributed by atoms with E-state index in [1.807, 2.05) is 30.3 Å². The first-order valence-electron chi connectivity index (χ1n) is 6.63. The van der Waals surface area contributed by atoms with E-state index in [9.17, 15) is 9.90 Å². The van der Waals surface area contributed by atoms with Crippen molar-refractivity contribution < 1.29 is 9.90 Å². The molecule has 0 aliphatic heterocycles. The minimum atomic E-state index is -0.775. The zero-order valence-corrected chi connectivity index (χ0v) is 11.2. The molecule has 0 aromatic heterocycles. The van der Waals surface area contributed by atoms with E-state index in [0.717, 1.165) is 24.9 Å². The number of hydrogen-bond donors (Lipinski definition) is 2. The van der Waals surface area contributed by atoms with Crippen LogP contribution in [0.1, 0.15) is 32.3 Å². The summed E-state index contributed by atoms with van der Waals surface area (Å²) in [5.41, 5.74) is 1.06. The van der Waals surface area contributed by atoms with E-state index in [4.69, 9.17) is 0 Å². The monoisotopic (exact) mass is 249 g/mol. The van der Waals surface area contributed by atoms with Crippen LogP contribution in [0.2, 0.25) is 0 Å². The molecule has 2 atom stereocenters. The van der Waals surface area contributed by atoms with E-state index in [2.05, 4.69) is 19.2 Å². The molecule has 1 aromatic carbocycles. The second-order valence-electron chi connectivity index (χ2n) is 4.88. The van der Waals surface area contributed by atoms with Gasteiger partial charge in [-0.1, -0.05) is 50.6 Å². The number of nitrogens with one attached hydrogen (secondary N) is 1. The molecule has 3 heteroatoms. The summed E-state index contributed by atoms with van der Waals surface area (Å²) in [4.78, 5) is 11.2. The van der Waals surface area contributed by atoms with Crippen molar-refractivity contribution in [2.24, 2.45) is 5.92 Å². The lowest BCUT2D eigenvalue weighted by Crippen LogP contribution is -2.40. The van der Waals surface area contributed by atoms with E-state index in [-0.39, 0.29) is 0 Å². The SMILES string of the molecule is CCCC(C)CN[C@@H](Cc1ccccc1)C(=O)O. The zero-order valence-electron chi connectivity index (χ0n) is 11.2. The Morgan fingerprint density at radius 1 is 1.33 bits per heavy atom. The Hall–Kier alpha value is -1.35. The predicted octanol–water partition coefficient (Wildman–Crippen LogP) is 2.71. The van der Waals surface area contributed by atoms with Crippen LogP contribution in [0.4, 0.5) is 0 Å². The van der Waals surface area contributed by atoms with E-state index in [1.165, 1.54) is 0 Å². The van der Waals surface area contributed by atoms with Gasteiger partial charge in [-0.3, -0.25) is 4.79 Å². The topological polar surface area (TPSA) is 49.3 Å². The zero-order chi connectivity index (χ0) is 13.4. The van der Waals surface area contributed by atoms with Crippen LogP contribution in [0.15, 0.2) is 30.3 Å². The average molecular weight is 249 g/mol. The number of benzene rings is 1. The van der Waals surface area contributed by atoms with Crippen LogP contribution < -0.4 is 5.32 Å². The Bertz CT molecular complexity index is 351. The molecule has 1 unspecified atom stereocenters. The molecule has 2 N–H and O–H groups in total. The summed E-state index contributed by atoms with van der Waals surface area (Å²) in [5.74, 6) is -0.254. The molecule has 0 saturated heterocycles. The molecule has 0 aliphatic rings. The molecule has 3 nitrogen and oxygen atoms in total. The maximum absolute atomic E-state index is 11.2. The highest BCUT2D eigenvalue weighted by atomic mass is 16.4. The second kappa shape index (κ2) is 7.88. The highest BCUT2D eigenvalue weighted by Gasteiger charge is 2.17. The number of rotatable bonds is 8. The van der Waals surface area contributed by atoms with Crippen molar-refractivity contribution in [3.63, 3.8) is 0 Å². The van der Waals surface area contributed by atoms with Crippen molar-refractivity contribution in [1.82, 2.24) is 5.32 Å². The lowest BCUT2D eigenvalue weighted by Gasteiger charge is -2.17. The van der Waals surface area contributed by atoms with Crippen LogP contribution in [-0.2, 0) is 11.2 Å². The maximum Gasteiger partial charge on any atom is 0.321 e.